The molecule has 0 amide bonds. The Hall–Kier alpha value is -4.94. The summed E-state index contributed by atoms with van der Waals surface area (Å²) in [5.74, 6) is -4.30. The summed E-state index contributed by atoms with van der Waals surface area (Å²) < 4.78 is 92.4. The van der Waals surface area contributed by atoms with E-state index in [-0.39, 0.29) is 61.5 Å². The number of piperazine rings is 6. The van der Waals surface area contributed by atoms with E-state index in [9.17, 15) is 35.5 Å². The molecule has 10 saturated heterocycles. The molecule has 7 unspecified atom stereocenters. The lowest BCUT2D eigenvalue weighted by Crippen LogP contribution is -2.57. The first kappa shape index (κ1) is 72.3. The standard InChI is InChI=1S/C15H20F2N2.2C15H19FN2.C15H20N2O.C8H14F2N2.C8H15FN2/c16-15(17)6-7-19-9-8-18(12-14(19)10-15)11-13-4-2-1-3-5-13;2*16-14-6-7-18-9-8-17(12-15(18)10-14)11-13-4-2-1-3-5-13;18-15-6-7-17-9-8-16(12-14(17)10-15)11-13-4-2-1-3-5-13;9-8(10)1-3-12-4-2-11-6-7(12)5-8;9-7-1-3-11-4-2-10-6-8(11)5-7/h1-5,14H,6-12H2;2*1-5,10,15H,6-9,11-12H2;1-5,14H,6-12H2;7,11H,1-6H2;7-8,10H,1-6H2. The van der Waals surface area contributed by atoms with Gasteiger partial charge in [0.25, 0.3) is 11.8 Å². The van der Waals surface area contributed by atoms with Gasteiger partial charge >= 0.3 is 0 Å². The summed E-state index contributed by atoms with van der Waals surface area (Å²) >= 11 is 0. The van der Waals surface area contributed by atoms with Crippen LogP contribution in [0.5, 0.6) is 0 Å². The van der Waals surface area contributed by atoms with Crippen LogP contribution in [0, 0.1) is 0 Å². The van der Waals surface area contributed by atoms with E-state index in [2.05, 4.69) is 151 Å². The predicted molar refractivity (Wildman–Crippen MR) is 369 cm³/mol. The average Bonchev–Trinajstić information content (AvgIpc) is 0.919. The molecule has 20 heteroatoms. The maximum absolute atomic E-state index is 13.5. The molecule has 0 aromatic heterocycles. The van der Waals surface area contributed by atoms with Gasteiger partial charge < -0.3 is 10.6 Å². The van der Waals surface area contributed by atoms with Crippen molar-refractivity contribution in [3.63, 3.8) is 0 Å². The lowest BCUT2D eigenvalue weighted by Gasteiger charge is -2.46. The van der Waals surface area contributed by atoms with Crippen LogP contribution in [0.15, 0.2) is 145 Å². The van der Waals surface area contributed by atoms with E-state index < -0.39 is 18.0 Å². The Morgan fingerprint density at radius 1 is 0.396 bits per heavy atom. The van der Waals surface area contributed by atoms with Crippen LogP contribution in [0.2, 0.25) is 0 Å². The minimum absolute atomic E-state index is 0.0261. The van der Waals surface area contributed by atoms with E-state index in [1.807, 2.05) is 30.3 Å². The summed E-state index contributed by atoms with van der Waals surface area (Å²) in [4.78, 5) is 35.3. The largest absolute Gasteiger partial charge is 0.314 e. The van der Waals surface area contributed by atoms with Crippen LogP contribution < -0.4 is 10.6 Å². The topological polar surface area (TPSA) is 73.5 Å². The quantitative estimate of drug-likeness (QED) is 0.165. The SMILES string of the molecule is FC1(F)CCN2CCN(Cc3ccccc3)CC2C1.FC1(F)CCN2CCNCC2C1.FC1=CC2CN(Cc3ccccc3)CCN2CC1.FC1=CC2CN(Cc3ccccc3)CCN2CC1.FC1CCN2CCNCC2C1.O=C1CCN2CCN(Cc3ccccc3)CC2C1. The molecule has 12 heterocycles. The van der Waals surface area contributed by atoms with Gasteiger partial charge in [0, 0.05) is 271 Å². The number of carbonyl (C=O) groups is 1. The molecular formula is C76H107F7N12O. The molecule has 0 radical (unpaired) electrons. The maximum atomic E-state index is 13.5. The number of Topliss-reactive ketones (excluding diaryl/α,β-unsaturated/α-hetero) is 1. The summed E-state index contributed by atoms with van der Waals surface area (Å²) in [6.07, 6.45) is 7.40. The van der Waals surface area contributed by atoms with Gasteiger partial charge in [-0.3, -0.25) is 53.8 Å². The monoisotopic (exact) mass is 1340 g/mol. The number of nitrogens with zero attached hydrogens (tertiary/aromatic N) is 10. The van der Waals surface area contributed by atoms with Gasteiger partial charge in [0.1, 0.15) is 12.0 Å². The summed E-state index contributed by atoms with van der Waals surface area (Å²) in [5.41, 5.74) is 5.31. The van der Waals surface area contributed by atoms with Crippen molar-refractivity contribution >= 4 is 5.78 Å². The first-order chi connectivity index (χ1) is 46.6. The Morgan fingerprint density at radius 3 is 1.24 bits per heavy atom. The first-order valence-electron chi connectivity index (χ1n) is 36.1. The fourth-order valence-electron chi connectivity index (χ4n) is 16.1. The second-order valence-corrected chi connectivity index (χ2v) is 28.7. The highest BCUT2D eigenvalue weighted by molar-refractivity contribution is 5.80. The summed E-state index contributed by atoms with van der Waals surface area (Å²) in [7, 11) is 0. The van der Waals surface area contributed by atoms with Crippen molar-refractivity contribution in [3.8, 4) is 0 Å². The van der Waals surface area contributed by atoms with E-state index in [4.69, 9.17) is 0 Å². The van der Waals surface area contributed by atoms with Gasteiger partial charge in [0.05, 0.1) is 11.7 Å². The van der Waals surface area contributed by atoms with Crippen molar-refractivity contribution in [1.82, 2.24) is 59.6 Å². The molecule has 96 heavy (non-hydrogen) atoms. The number of carbonyl (C=O) groups excluding carboxylic acids is 1. The molecule has 0 bridgehead atoms. The Bertz CT molecular complexity index is 2930. The highest BCUT2D eigenvalue weighted by Crippen LogP contribution is 2.35. The highest BCUT2D eigenvalue weighted by atomic mass is 19.3. The number of rotatable bonds is 8. The molecule has 10 fully saturated rings. The second-order valence-electron chi connectivity index (χ2n) is 28.7. The van der Waals surface area contributed by atoms with Gasteiger partial charge in [-0.25, -0.2) is 30.7 Å². The predicted octanol–water partition coefficient (Wildman–Crippen LogP) is 10.1. The molecule has 2 N–H and O–H groups in total. The van der Waals surface area contributed by atoms with Crippen LogP contribution in [0.25, 0.3) is 0 Å². The van der Waals surface area contributed by atoms with Crippen molar-refractivity contribution in [1.29, 1.82) is 0 Å². The molecule has 12 aliphatic heterocycles. The van der Waals surface area contributed by atoms with Crippen molar-refractivity contribution in [2.24, 2.45) is 0 Å². The van der Waals surface area contributed by atoms with Gasteiger partial charge in [0.15, 0.2) is 0 Å². The minimum atomic E-state index is -2.46. The van der Waals surface area contributed by atoms with Crippen molar-refractivity contribution < 1.29 is 35.5 Å². The summed E-state index contributed by atoms with van der Waals surface area (Å²) in [6, 6.07) is 43.5. The number of piperidine rings is 4. The van der Waals surface area contributed by atoms with Gasteiger partial charge in [-0.2, -0.15) is 0 Å². The fraction of sp³-hybridized carbons (Fsp3) is 0.618. The van der Waals surface area contributed by atoms with E-state index in [0.717, 1.165) is 196 Å². The number of hydrogen-bond acceptors (Lipinski definition) is 13. The van der Waals surface area contributed by atoms with Crippen LogP contribution in [0.1, 0.15) is 86.5 Å². The molecule has 7 atom stereocenters. The molecule has 4 aromatic rings. The van der Waals surface area contributed by atoms with E-state index >= 15 is 0 Å². The summed E-state index contributed by atoms with van der Waals surface area (Å²) in [6.45, 7) is 26.6. The maximum Gasteiger partial charge on any atom is 0.250 e. The van der Waals surface area contributed by atoms with Crippen LogP contribution in [-0.2, 0) is 31.0 Å². The van der Waals surface area contributed by atoms with E-state index in [0.29, 0.717) is 43.8 Å². The van der Waals surface area contributed by atoms with Gasteiger partial charge in [0.2, 0.25) is 0 Å². The zero-order chi connectivity index (χ0) is 66.7. The highest BCUT2D eigenvalue weighted by Gasteiger charge is 2.43. The Labute approximate surface area is 567 Å². The van der Waals surface area contributed by atoms with Crippen molar-refractivity contribution in [2.75, 3.05) is 157 Å². The fourth-order valence-corrected chi connectivity index (χ4v) is 16.1. The van der Waals surface area contributed by atoms with E-state index in [1.165, 1.54) is 22.3 Å². The van der Waals surface area contributed by atoms with Crippen LogP contribution in [0.3, 0.4) is 0 Å². The third-order valence-electron chi connectivity index (χ3n) is 21.6. The zero-order valence-corrected chi connectivity index (χ0v) is 56.6. The number of alkyl halides is 5. The van der Waals surface area contributed by atoms with Crippen LogP contribution in [-0.4, -0.2) is 266 Å². The average molecular weight is 1340 g/mol. The molecule has 4 aromatic carbocycles. The van der Waals surface area contributed by atoms with E-state index in [1.54, 1.807) is 12.2 Å². The number of fused-ring (bicyclic) bond motifs is 6. The zero-order valence-electron chi connectivity index (χ0n) is 56.6. The van der Waals surface area contributed by atoms with Gasteiger partial charge in [-0.15, -0.1) is 0 Å². The van der Waals surface area contributed by atoms with Crippen LogP contribution >= 0.6 is 0 Å². The Balaban J connectivity index is 0.000000118. The molecule has 0 spiro atoms. The number of halogens is 7. The van der Waals surface area contributed by atoms with Crippen LogP contribution in [0.4, 0.5) is 30.7 Å². The summed E-state index contributed by atoms with van der Waals surface area (Å²) in [5, 5.41) is 6.44. The lowest BCUT2D eigenvalue weighted by molar-refractivity contribution is -0.124. The van der Waals surface area contributed by atoms with Gasteiger partial charge in [-0.1, -0.05) is 121 Å². The third kappa shape index (κ3) is 22.5. The lowest BCUT2D eigenvalue weighted by atomic mass is 9.96. The Morgan fingerprint density at radius 2 is 0.771 bits per heavy atom. The molecule has 16 rings (SSSR count). The molecular weight excluding hydrogens is 1230 g/mol. The normalized spacial score (nSPS) is 29.1. The minimum Gasteiger partial charge on any atom is -0.314 e. The van der Waals surface area contributed by atoms with Crippen molar-refractivity contribution in [2.45, 2.75) is 145 Å². The molecule has 0 saturated carbocycles. The molecule has 12 aliphatic rings. The smallest absolute Gasteiger partial charge is 0.250 e. The molecule has 0 aliphatic carbocycles. The third-order valence-corrected chi connectivity index (χ3v) is 21.6. The first-order valence-corrected chi connectivity index (χ1v) is 36.1. The van der Waals surface area contributed by atoms with Crippen molar-refractivity contribution in [3.05, 3.63) is 167 Å². The number of benzene rings is 4. The van der Waals surface area contributed by atoms with Gasteiger partial charge in [-0.05, 0) is 47.2 Å². The number of ketones is 1. The molecule has 13 nitrogen and oxygen atoms in total. The number of nitrogens with one attached hydrogen (secondary N) is 2. The second kappa shape index (κ2) is 35.9. The number of hydrogen-bond donors (Lipinski definition) is 2. The Kier molecular flexibility index (Phi) is 27.0. The molecule has 526 valence electrons.